The van der Waals surface area contributed by atoms with Gasteiger partial charge in [0.1, 0.15) is 35.7 Å². The molecule has 16 heteroatoms. The van der Waals surface area contributed by atoms with Crippen LogP contribution < -0.4 is 25.4 Å². The predicted octanol–water partition coefficient (Wildman–Crippen LogP) is 2.96. The largest absolute Gasteiger partial charge is 0.493 e. The number of rotatable bonds is 3. The van der Waals surface area contributed by atoms with E-state index in [-0.39, 0.29) is 44.7 Å². The molecule has 2 saturated carbocycles. The van der Waals surface area contributed by atoms with Crippen molar-refractivity contribution in [3.05, 3.63) is 60.3 Å². The standard InChI is InChI=1S/C39H48N6O9S/c1-38(2)22-53-27-12-8-10-24(18-27)29-14-9-15-30(41-29)33(46)40-26-19-32-34(47)43-39(36(49)44-55(51,52)28-16-17-28)20-25(39)11-6-4-3-5-7-13-31(35(48)45(32)21-26)42-37(50)54-23-38/h6,8-12,14-15,18,25-26,28,31-32H,3-5,7,13,16-17,19-23H2,1-2H3,(H,40,46)(H,42,50)(H,43,47)(H,44,49)/b11-6-/t25-,26-,31+,32+,39-/m1/s1. The summed E-state index contributed by atoms with van der Waals surface area (Å²) in [6.45, 7) is 3.89. The number of alkyl carbamates (subject to hydrolysis) is 1. The second-order valence-corrected chi connectivity index (χ2v) is 18.0. The molecule has 1 saturated heterocycles. The minimum atomic E-state index is -3.91. The number of hydrogen-bond donors (Lipinski definition) is 4. The molecule has 5 atom stereocenters. The lowest BCUT2D eigenvalue weighted by Crippen LogP contribution is -2.58. The molecular weight excluding hydrogens is 729 g/mol. The molecule has 3 fully saturated rings. The summed E-state index contributed by atoms with van der Waals surface area (Å²) >= 11 is 0. The van der Waals surface area contributed by atoms with Crippen molar-refractivity contribution in [2.45, 2.75) is 101 Å². The van der Waals surface area contributed by atoms with Gasteiger partial charge in [0.15, 0.2) is 0 Å². The Morgan fingerprint density at radius 3 is 2.51 bits per heavy atom. The Balaban J connectivity index is 1.21. The number of cyclic esters (lactones) is 1. The highest BCUT2D eigenvalue weighted by Gasteiger charge is 2.62. The van der Waals surface area contributed by atoms with Crippen LogP contribution in [0.3, 0.4) is 0 Å². The maximum absolute atomic E-state index is 14.5. The highest BCUT2D eigenvalue weighted by molar-refractivity contribution is 7.91. The first-order chi connectivity index (χ1) is 26.2. The normalized spacial score (nSPS) is 29.4. The summed E-state index contributed by atoms with van der Waals surface area (Å²) in [4.78, 5) is 75.4. The van der Waals surface area contributed by atoms with Gasteiger partial charge in [-0.3, -0.25) is 23.9 Å². The monoisotopic (exact) mass is 776 g/mol. The van der Waals surface area contributed by atoms with Gasteiger partial charge < -0.3 is 30.3 Å². The van der Waals surface area contributed by atoms with Crippen molar-refractivity contribution in [2.24, 2.45) is 11.3 Å². The number of allylic oxidation sites excluding steroid dienone is 1. The second-order valence-electron chi connectivity index (χ2n) is 16.1. The molecule has 4 heterocycles. The number of ether oxygens (including phenoxy) is 2. The third kappa shape index (κ3) is 8.79. The Bertz CT molecular complexity index is 2000. The van der Waals surface area contributed by atoms with E-state index in [2.05, 4.69) is 25.7 Å². The average molecular weight is 777 g/mol. The Morgan fingerprint density at radius 2 is 1.71 bits per heavy atom. The summed E-state index contributed by atoms with van der Waals surface area (Å²) in [7, 11) is -3.91. The Morgan fingerprint density at radius 1 is 0.945 bits per heavy atom. The van der Waals surface area contributed by atoms with Crippen LogP contribution in [0.4, 0.5) is 4.79 Å². The molecule has 1 aromatic heterocycles. The lowest BCUT2D eigenvalue weighted by atomic mass is 9.96. The predicted molar refractivity (Wildman–Crippen MR) is 200 cm³/mol. The van der Waals surface area contributed by atoms with E-state index in [1.807, 2.05) is 44.2 Å². The van der Waals surface area contributed by atoms with Gasteiger partial charge in [-0.05, 0) is 69.2 Å². The maximum Gasteiger partial charge on any atom is 0.407 e. The van der Waals surface area contributed by atoms with Gasteiger partial charge in [-0.1, -0.05) is 57.0 Å². The SMILES string of the molecule is CC1(C)COC(=O)N[C@H]2CCCCC/C=C\[C@@H]3C[C@@]3(C(=O)NS(=O)(=O)C3CC3)NC(=O)[C@@H]3C[C@H](CN3C2=O)NC(=O)c2cccc(n2)-c2cccc(c2)OC1. The lowest BCUT2D eigenvalue weighted by Gasteiger charge is -2.30. The van der Waals surface area contributed by atoms with Crippen molar-refractivity contribution in [3.63, 3.8) is 0 Å². The van der Waals surface area contributed by atoms with E-state index < -0.39 is 80.0 Å². The summed E-state index contributed by atoms with van der Waals surface area (Å²) in [5.74, 6) is -2.43. The molecule has 5 aliphatic rings. The number of hydrogen-bond acceptors (Lipinski definition) is 10. The summed E-state index contributed by atoms with van der Waals surface area (Å²) in [5.41, 5.74) is -0.776. The molecule has 15 nitrogen and oxygen atoms in total. The first-order valence-electron chi connectivity index (χ1n) is 19.0. The minimum Gasteiger partial charge on any atom is -0.493 e. The molecule has 5 amide bonds. The molecule has 4 N–H and O–H groups in total. The molecule has 7 rings (SSSR count). The number of nitrogens with zero attached hydrogens (tertiary/aromatic N) is 2. The van der Waals surface area contributed by atoms with Crippen LogP contribution in [0.15, 0.2) is 54.6 Å². The number of fused-ring (bicyclic) bond motifs is 8. The quantitative estimate of drug-likeness (QED) is 0.336. The molecular formula is C39H48N6O9S. The van der Waals surface area contributed by atoms with Gasteiger partial charge in [0.25, 0.3) is 11.8 Å². The fourth-order valence-electron chi connectivity index (χ4n) is 7.40. The third-order valence-corrected chi connectivity index (χ3v) is 12.7. The number of nitrogens with one attached hydrogen (secondary N) is 4. The van der Waals surface area contributed by atoms with E-state index in [0.717, 1.165) is 12.8 Å². The highest BCUT2D eigenvalue weighted by atomic mass is 32.2. The van der Waals surface area contributed by atoms with Crippen LogP contribution in [0.1, 0.15) is 82.1 Å². The van der Waals surface area contributed by atoms with E-state index in [9.17, 15) is 32.4 Å². The van der Waals surface area contributed by atoms with E-state index in [1.165, 1.54) is 4.90 Å². The highest BCUT2D eigenvalue weighted by Crippen LogP contribution is 2.46. The van der Waals surface area contributed by atoms with E-state index in [1.54, 1.807) is 24.3 Å². The number of carbonyl (C=O) groups excluding carboxylic acids is 5. The van der Waals surface area contributed by atoms with Crippen molar-refractivity contribution >= 4 is 39.7 Å². The molecule has 55 heavy (non-hydrogen) atoms. The van der Waals surface area contributed by atoms with Crippen molar-refractivity contribution in [2.75, 3.05) is 19.8 Å². The van der Waals surface area contributed by atoms with E-state index in [4.69, 9.17) is 9.47 Å². The first kappa shape index (κ1) is 38.3. The van der Waals surface area contributed by atoms with Gasteiger partial charge in [-0.2, -0.15) is 0 Å². The van der Waals surface area contributed by atoms with Gasteiger partial charge >= 0.3 is 6.09 Å². The van der Waals surface area contributed by atoms with Crippen molar-refractivity contribution in [3.8, 4) is 17.0 Å². The summed E-state index contributed by atoms with van der Waals surface area (Å²) in [6, 6.07) is 9.42. The van der Waals surface area contributed by atoms with E-state index >= 15 is 0 Å². The molecule has 0 spiro atoms. The summed E-state index contributed by atoms with van der Waals surface area (Å²) < 4.78 is 39.5. The van der Waals surface area contributed by atoms with Crippen LogP contribution in [0.25, 0.3) is 11.3 Å². The number of aromatic nitrogens is 1. The van der Waals surface area contributed by atoms with Crippen LogP contribution in [-0.4, -0.2) is 96.7 Å². The van der Waals surface area contributed by atoms with Crippen molar-refractivity contribution in [1.29, 1.82) is 0 Å². The summed E-state index contributed by atoms with van der Waals surface area (Å²) in [6.07, 6.45) is 7.09. The third-order valence-electron chi connectivity index (χ3n) is 10.8. The molecule has 7 bridgehead atoms. The molecule has 0 unspecified atom stereocenters. The molecule has 2 aromatic rings. The molecule has 294 valence electrons. The Labute approximate surface area is 320 Å². The lowest BCUT2D eigenvalue weighted by molar-refractivity contribution is -0.141. The zero-order valence-electron chi connectivity index (χ0n) is 31.0. The topological polar surface area (TPSA) is 202 Å². The fourth-order valence-corrected chi connectivity index (χ4v) is 8.76. The molecule has 0 radical (unpaired) electrons. The number of amides is 5. The summed E-state index contributed by atoms with van der Waals surface area (Å²) in [5, 5.41) is 7.87. The number of sulfonamides is 1. The van der Waals surface area contributed by atoms with Crippen molar-refractivity contribution < 1.29 is 41.9 Å². The number of benzene rings is 1. The molecule has 2 aliphatic carbocycles. The van der Waals surface area contributed by atoms with Crippen LogP contribution in [0.5, 0.6) is 5.75 Å². The van der Waals surface area contributed by atoms with Gasteiger partial charge in [-0.15, -0.1) is 0 Å². The zero-order valence-corrected chi connectivity index (χ0v) is 31.9. The van der Waals surface area contributed by atoms with Crippen molar-refractivity contribution in [1.82, 2.24) is 30.6 Å². The first-order valence-corrected chi connectivity index (χ1v) is 20.6. The van der Waals surface area contributed by atoms with Gasteiger partial charge in [0.05, 0.1) is 17.6 Å². The Hall–Kier alpha value is -4.99. The van der Waals surface area contributed by atoms with Crippen LogP contribution in [-0.2, 0) is 29.1 Å². The molecule has 3 aliphatic heterocycles. The molecule has 1 aromatic carbocycles. The average Bonchev–Trinajstić information content (AvgIpc) is 4.09. The van der Waals surface area contributed by atoms with Crippen LogP contribution >= 0.6 is 0 Å². The van der Waals surface area contributed by atoms with Gasteiger partial charge in [-0.25, -0.2) is 18.2 Å². The maximum atomic E-state index is 14.5. The number of carbonyl (C=O) groups is 5. The second kappa shape index (κ2) is 15.3. The van der Waals surface area contributed by atoms with Gasteiger partial charge in [0.2, 0.25) is 21.8 Å². The number of pyridine rings is 1. The van der Waals surface area contributed by atoms with E-state index in [0.29, 0.717) is 42.7 Å². The minimum absolute atomic E-state index is 0.00762. The smallest absolute Gasteiger partial charge is 0.407 e. The Kier molecular flexibility index (Phi) is 10.6. The van der Waals surface area contributed by atoms with Gasteiger partial charge in [0, 0.05) is 29.5 Å². The fraction of sp³-hybridized carbons (Fsp3) is 0.538. The van der Waals surface area contributed by atoms with Crippen LogP contribution in [0, 0.1) is 11.3 Å². The zero-order chi connectivity index (χ0) is 39.0. The van der Waals surface area contributed by atoms with Crippen LogP contribution in [0.2, 0.25) is 0 Å².